The van der Waals surface area contributed by atoms with Crippen molar-refractivity contribution < 1.29 is 9.15 Å². The molecule has 0 aliphatic rings. The van der Waals surface area contributed by atoms with Crippen molar-refractivity contribution in [1.82, 2.24) is 10.2 Å². The monoisotopic (exact) mass is 219 g/mol. The number of nitrogens with two attached hydrogens (primary N) is 1. The average Bonchev–Trinajstić information content (AvgIpc) is 2.79. The highest BCUT2D eigenvalue weighted by Crippen LogP contribution is 2.28. The lowest BCUT2D eigenvalue weighted by molar-refractivity contribution is 0.340. The topological polar surface area (TPSA) is 74.2 Å². The van der Waals surface area contributed by atoms with Crippen molar-refractivity contribution >= 4 is 0 Å². The third-order valence-electron chi connectivity index (χ3n) is 2.06. The maximum Gasteiger partial charge on any atom is 0.251 e. The Labute approximate surface area is 93.2 Å². The van der Waals surface area contributed by atoms with Gasteiger partial charge in [-0.3, -0.25) is 0 Å². The molecule has 2 N–H and O–H groups in total. The van der Waals surface area contributed by atoms with E-state index in [1.165, 1.54) is 0 Å². The lowest BCUT2D eigenvalue weighted by Crippen LogP contribution is -1.95. The summed E-state index contributed by atoms with van der Waals surface area (Å²) < 4.78 is 10.9. The zero-order valence-corrected chi connectivity index (χ0v) is 9.01. The van der Waals surface area contributed by atoms with Gasteiger partial charge in [-0.25, -0.2) is 0 Å². The molecule has 16 heavy (non-hydrogen) atoms. The van der Waals surface area contributed by atoms with Gasteiger partial charge in [0.15, 0.2) is 0 Å². The molecule has 84 valence electrons. The first-order valence-electron chi connectivity index (χ1n) is 5.09. The van der Waals surface area contributed by atoms with Crippen LogP contribution in [0.5, 0.6) is 5.75 Å². The van der Waals surface area contributed by atoms with Gasteiger partial charge in [0, 0.05) is 0 Å². The smallest absolute Gasteiger partial charge is 0.251 e. The van der Waals surface area contributed by atoms with Crippen LogP contribution in [0.4, 0.5) is 0 Å². The van der Waals surface area contributed by atoms with Crippen molar-refractivity contribution in [2.75, 3.05) is 6.61 Å². The van der Waals surface area contributed by atoms with E-state index in [0.717, 1.165) is 11.3 Å². The standard InChI is InChI=1S/C11H13N3O2/c1-2-15-9-6-4-3-5-8(9)11-14-13-10(7-12)16-11/h3-6H,2,7,12H2,1H3. The highest BCUT2D eigenvalue weighted by molar-refractivity contribution is 5.62. The Kier molecular flexibility index (Phi) is 3.16. The molecule has 5 nitrogen and oxygen atoms in total. The van der Waals surface area contributed by atoms with Crippen LogP contribution < -0.4 is 10.5 Å². The van der Waals surface area contributed by atoms with Gasteiger partial charge in [-0.15, -0.1) is 10.2 Å². The van der Waals surface area contributed by atoms with Crippen molar-refractivity contribution in [3.63, 3.8) is 0 Å². The molecule has 0 saturated carbocycles. The number of hydrogen-bond donors (Lipinski definition) is 1. The van der Waals surface area contributed by atoms with Gasteiger partial charge in [0.25, 0.3) is 5.89 Å². The largest absolute Gasteiger partial charge is 0.493 e. The van der Waals surface area contributed by atoms with Crippen molar-refractivity contribution in [2.45, 2.75) is 13.5 Å². The van der Waals surface area contributed by atoms with Crippen LogP contribution in [-0.4, -0.2) is 16.8 Å². The summed E-state index contributed by atoms with van der Waals surface area (Å²) in [7, 11) is 0. The number of benzene rings is 1. The van der Waals surface area contributed by atoms with Crippen LogP contribution in [0, 0.1) is 0 Å². The molecule has 0 spiro atoms. The minimum atomic E-state index is 0.240. The number of para-hydroxylation sites is 1. The van der Waals surface area contributed by atoms with Crippen molar-refractivity contribution in [3.05, 3.63) is 30.2 Å². The summed E-state index contributed by atoms with van der Waals surface area (Å²) in [5.74, 6) is 1.59. The van der Waals surface area contributed by atoms with E-state index in [2.05, 4.69) is 10.2 Å². The summed E-state index contributed by atoms with van der Waals surface area (Å²) in [5.41, 5.74) is 6.20. The second-order valence-electron chi connectivity index (χ2n) is 3.13. The molecule has 0 fully saturated rings. The molecule has 1 heterocycles. The Morgan fingerprint density at radius 2 is 2.12 bits per heavy atom. The van der Waals surface area contributed by atoms with Crippen molar-refractivity contribution in [2.24, 2.45) is 5.73 Å². The highest BCUT2D eigenvalue weighted by atomic mass is 16.5. The van der Waals surface area contributed by atoms with Gasteiger partial charge in [0.2, 0.25) is 5.89 Å². The summed E-state index contributed by atoms with van der Waals surface area (Å²) in [5, 5.41) is 7.74. The number of rotatable bonds is 4. The predicted octanol–water partition coefficient (Wildman–Crippen LogP) is 1.59. The third kappa shape index (κ3) is 2.04. The predicted molar refractivity (Wildman–Crippen MR) is 58.8 cm³/mol. The Morgan fingerprint density at radius 3 is 2.81 bits per heavy atom. The lowest BCUT2D eigenvalue weighted by atomic mass is 10.2. The van der Waals surface area contributed by atoms with E-state index in [-0.39, 0.29) is 6.54 Å². The zero-order valence-electron chi connectivity index (χ0n) is 9.01. The molecule has 2 rings (SSSR count). The van der Waals surface area contributed by atoms with Gasteiger partial charge in [-0.2, -0.15) is 0 Å². The molecule has 1 aromatic carbocycles. The van der Waals surface area contributed by atoms with E-state index < -0.39 is 0 Å². The van der Waals surface area contributed by atoms with E-state index in [1.54, 1.807) is 0 Å². The fraction of sp³-hybridized carbons (Fsp3) is 0.273. The number of aromatic nitrogens is 2. The van der Waals surface area contributed by atoms with Gasteiger partial charge < -0.3 is 14.9 Å². The fourth-order valence-electron chi connectivity index (χ4n) is 1.37. The zero-order chi connectivity index (χ0) is 11.4. The van der Waals surface area contributed by atoms with Gasteiger partial charge in [-0.05, 0) is 19.1 Å². The lowest BCUT2D eigenvalue weighted by Gasteiger charge is -2.05. The van der Waals surface area contributed by atoms with Crippen LogP contribution in [0.3, 0.4) is 0 Å². The number of nitrogens with zero attached hydrogens (tertiary/aromatic N) is 2. The maximum absolute atomic E-state index is 5.48. The molecule has 0 aliphatic carbocycles. The SMILES string of the molecule is CCOc1ccccc1-c1nnc(CN)o1. The molecule has 0 unspecified atom stereocenters. The summed E-state index contributed by atoms with van der Waals surface area (Å²) >= 11 is 0. The molecule has 0 radical (unpaired) electrons. The molecule has 2 aromatic rings. The van der Waals surface area contributed by atoms with Crippen molar-refractivity contribution in [3.8, 4) is 17.2 Å². The highest BCUT2D eigenvalue weighted by Gasteiger charge is 2.12. The van der Waals surface area contributed by atoms with Crippen LogP contribution >= 0.6 is 0 Å². The molecule has 0 amide bonds. The Balaban J connectivity index is 2.38. The minimum Gasteiger partial charge on any atom is -0.493 e. The summed E-state index contributed by atoms with van der Waals surface area (Å²) in [6.07, 6.45) is 0. The fourth-order valence-corrected chi connectivity index (χ4v) is 1.37. The van der Waals surface area contributed by atoms with E-state index in [9.17, 15) is 0 Å². The first-order valence-corrected chi connectivity index (χ1v) is 5.09. The molecule has 0 saturated heterocycles. The summed E-state index contributed by atoms with van der Waals surface area (Å²) in [4.78, 5) is 0. The van der Waals surface area contributed by atoms with Crippen LogP contribution in [-0.2, 0) is 6.54 Å². The Morgan fingerprint density at radius 1 is 1.31 bits per heavy atom. The maximum atomic E-state index is 5.48. The molecule has 0 aliphatic heterocycles. The quantitative estimate of drug-likeness (QED) is 0.845. The Hall–Kier alpha value is -1.88. The first-order chi connectivity index (χ1) is 7.85. The minimum absolute atomic E-state index is 0.240. The molecule has 0 bridgehead atoms. The van der Waals surface area contributed by atoms with E-state index >= 15 is 0 Å². The summed E-state index contributed by atoms with van der Waals surface area (Å²) in [6.45, 7) is 2.76. The van der Waals surface area contributed by atoms with Crippen LogP contribution in [0.15, 0.2) is 28.7 Å². The molecule has 5 heteroatoms. The molecule has 1 aromatic heterocycles. The van der Waals surface area contributed by atoms with E-state index in [0.29, 0.717) is 18.4 Å². The average molecular weight is 219 g/mol. The normalized spacial score (nSPS) is 10.4. The summed E-state index contributed by atoms with van der Waals surface area (Å²) in [6, 6.07) is 7.53. The second kappa shape index (κ2) is 4.76. The van der Waals surface area contributed by atoms with Gasteiger partial charge in [0.1, 0.15) is 5.75 Å². The van der Waals surface area contributed by atoms with Crippen LogP contribution in [0.25, 0.3) is 11.5 Å². The van der Waals surface area contributed by atoms with Crippen molar-refractivity contribution in [1.29, 1.82) is 0 Å². The molecule has 0 atom stereocenters. The number of hydrogen-bond acceptors (Lipinski definition) is 5. The van der Waals surface area contributed by atoms with Crippen LogP contribution in [0.1, 0.15) is 12.8 Å². The second-order valence-corrected chi connectivity index (χ2v) is 3.13. The van der Waals surface area contributed by atoms with Gasteiger partial charge in [0.05, 0.1) is 18.7 Å². The molecular weight excluding hydrogens is 206 g/mol. The van der Waals surface area contributed by atoms with E-state index in [4.69, 9.17) is 14.9 Å². The van der Waals surface area contributed by atoms with Crippen LogP contribution in [0.2, 0.25) is 0 Å². The van der Waals surface area contributed by atoms with Gasteiger partial charge in [-0.1, -0.05) is 12.1 Å². The van der Waals surface area contributed by atoms with E-state index in [1.807, 2.05) is 31.2 Å². The van der Waals surface area contributed by atoms with Gasteiger partial charge >= 0.3 is 0 Å². The number of ether oxygens (including phenoxy) is 1. The third-order valence-corrected chi connectivity index (χ3v) is 2.06. The Bertz CT molecular complexity index is 468. The first kappa shape index (κ1) is 10.6. The molecular formula is C11H13N3O2.